The second-order valence-electron chi connectivity index (χ2n) is 3.63. The maximum atomic E-state index is 10.4. The van der Waals surface area contributed by atoms with E-state index in [-0.39, 0.29) is 5.24 Å². The van der Waals surface area contributed by atoms with E-state index in [4.69, 9.17) is 11.6 Å². The fourth-order valence-corrected chi connectivity index (χ4v) is 1.20. The first kappa shape index (κ1) is 12.7. The third-order valence-corrected chi connectivity index (χ3v) is 1.95. The summed E-state index contributed by atoms with van der Waals surface area (Å²) < 4.78 is 0. The van der Waals surface area contributed by atoms with Crippen molar-refractivity contribution in [3.63, 3.8) is 0 Å². The molecule has 0 aromatic rings. The van der Waals surface area contributed by atoms with Crippen LogP contribution in [0.4, 0.5) is 0 Å². The molecule has 0 heterocycles. The van der Waals surface area contributed by atoms with E-state index < -0.39 is 0 Å². The van der Waals surface area contributed by atoms with Crippen molar-refractivity contribution in [1.82, 2.24) is 0 Å². The van der Waals surface area contributed by atoms with E-state index >= 15 is 0 Å². The Labute approximate surface area is 86.2 Å². The van der Waals surface area contributed by atoms with Gasteiger partial charge in [-0.2, -0.15) is 0 Å². The van der Waals surface area contributed by atoms with Crippen LogP contribution in [-0.4, -0.2) is 5.24 Å². The van der Waals surface area contributed by atoms with E-state index in [1.807, 2.05) is 0 Å². The lowest BCUT2D eigenvalue weighted by Gasteiger charge is -1.96. The average molecular weight is 203 g/mol. The molecule has 0 bridgehead atoms. The summed E-state index contributed by atoms with van der Waals surface area (Å²) in [6.07, 6.45) is 9.26. The Balaban J connectivity index is 3.12. The lowest BCUT2D eigenvalue weighted by Crippen LogP contribution is -1.85. The highest BCUT2D eigenvalue weighted by molar-refractivity contribution is 6.63. The van der Waals surface area contributed by atoms with Gasteiger partial charge in [-0.15, -0.1) is 0 Å². The third kappa shape index (κ3) is 11.7. The minimum absolute atomic E-state index is 0.210. The summed E-state index contributed by atoms with van der Waals surface area (Å²) in [7, 11) is 0. The van der Waals surface area contributed by atoms with Crippen LogP contribution in [0.5, 0.6) is 0 Å². The quantitative estimate of drug-likeness (QED) is 0.348. The maximum Gasteiger partial charge on any atom is 0.221 e. The van der Waals surface area contributed by atoms with Gasteiger partial charge in [-0.1, -0.05) is 32.4 Å². The van der Waals surface area contributed by atoms with Gasteiger partial charge in [0.15, 0.2) is 0 Å². The summed E-state index contributed by atoms with van der Waals surface area (Å²) >= 11 is 5.21. The lowest BCUT2D eigenvalue weighted by atomic mass is 10.1. The second-order valence-corrected chi connectivity index (χ2v) is 4.05. The average Bonchev–Trinajstić information content (AvgIpc) is 2.01. The van der Waals surface area contributed by atoms with Crippen LogP contribution in [0.15, 0.2) is 12.2 Å². The summed E-state index contributed by atoms with van der Waals surface area (Å²) in [6.45, 7) is 4.34. The van der Waals surface area contributed by atoms with Crippen molar-refractivity contribution in [2.45, 2.75) is 46.0 Å². The smallest absolute Gasteiger partial charge is 0.221 e. The Bertz CT molecular complexity index is 161. The Morgan fingerprint density at radius 1 is 1.31 bits per heavy atom. The van der Waals surface area contributed by atoms with Gasteiger partial charge in [-0.05, 0) is 36.8 Å². The fourth-order valence-electron chi connectivity index (χ4n) is 1.07. The minimum Gasteiger partial charge on any atom is -0.281 e. The van der Waals surface area contributed by atoms with Crippen LogP contribution in [-0.2, 0) is 4.79 Å². The fraction of sp³-hybridized carbons (Fsp3) is 0.727. The molecule has 0 rings (SSSR count). The summed E-state index contributed by atoms with van der Waals surface area (Å²) in [5.74, 6) is 0.643. The minimum atomic E-state index is -0.210. The summed E-state index contributed by atoms with van der Waals surface area (Å²) in [5.41, 5.74) is 0. The molecule has 0 atom stereocenters. The molecular weight excluding hydrogens is 184 g/mol. The summed E-state index contributed by atoms with van der Waals surface area (Å²) in [6, 6.07) is 0. The highest BCUT2D eigenvalue weighted by Crippen LogP contribution is 2.06. The largest absolute Gasteiger partial charge is 0.281 e. The molecule has 1 nitrogen and oxygen atoms in total. The highest BCUT2D eigenvalue weighted by Gasteiger charge is 1.94. The molecule has 0 spiro atoms. The van der Waals surface area contributed by atoms with Crippen molar-refractivity contribution in [2.24, 2.45) is 5.92 Å². The zero-order valence-electron chi connectivity index (χ0n) is 8.55. The van der Waals surface area contributed by atoms with Crippen LogP contribution in [0.2, 0.25) is 0 Å². The number of carbonyl (C=O) groups excluding carboxylic acids is 1. The van der Waals surface area contributed by atoms with Gasteiger partial charge in [0.05, 0.1) is 0 Å². The van der Waals surface area contributed by atoms with Crippen molar-refractivity contribution in [2.75, 3.05) is 0 Å². The molecule has 0 aromatic carbocycles. The first-order valence-corrected chi connectivity index (χ1v) is 5.35. The Hall–Kier alpha value is -0.300. The summed E-state index contributed by atoms with van der Waals surface area (Å²) in [5, 5.41) is -0.210. The zero-order chi connectivity index (χ0) is 10.1. The monoisotopic (exact) mass is 202 g/mol. The molecule has 13 heavy (non-hydrogen) atoms. The number of hydrogen-bond donors (Lipinski definition) is 0. The number of allylic oxidation sites excluding steroid dienone is 2. The molecule has 0 aliphatic carbocycles. The molecule has 0 aromatic heterocycles. The number of rotatable bonds is 7. The molecule has 2 heteroatoms. The van der Waals surface area contributed by atoms with Gasteiger partial charge in [-0.3, -0.25) is 4.79 Å². The molecule has 0 amide bonds. The molecule has 0 N–H and O–H groups in total. The predicted octanol–water partition coefficient (Wildman–Crippen LogP) is 3.91. The Morgan fingerprint density at radius 3 is 2.54 bits per heavy atom. The van der Waals surface area contributed by atoms with E-state index in [2.05, 4.69) is 26.0 Å². The van der Waals surface area contributed by atoms with Gasteiger partial charge in [0, 0.05) is 6.42 Å². The molecule has 0 radical (unpaired) electrons. The van der Waals surface area contributed by atoms with Gasteiger partial charge < -0.3 is 0 Å². The SMILES string of the molecule is CC(C)C=CCCCCCC(=O)Cl. The van der Waals surface area contributed by atoms with E-state index in [0.717, 1.165) is 25.7 Å². The maximum absolute atomic E-state index is 10.4. The van der Waals surface area contributed by atoms with Crippen molar-refractivity contribution < 1.29 is 4.79 Å². The molecule has 0 unspecified atom stereocenters. The van der Waals surface area contributed by atoms with Crippen LogP contribution >= 0.6 is 11.6 Å². The second kappa shape index (κ2) is 8.31. The van der Waals surface area contributed by atoms with Gasteiger partial charge in [0.25, 0.3) is 0 Å². The molecule has 0 saturated carbocycles. The number of carbonyl (C=O) groups is 1. The molecule has 0 aliphatic heterocycles. The zero-order valence-corrected chi connectivity index (χ0v) is 9.31. The number of halogens is 1. The van der Waals surface area contributed by atoms with Crippen LogP contribution < -0.4 is 0 Å². The van der Waals surface area contributed by atoms with Crippen molar-refractivity contribution in [1.29, 1.82) is 0 Å². The lowest BCUT2D eigenvalue weighted by molar-refractivity contribution is -0.111. The normalized spacial score (nSPS) is 11.4. The Morgan fingerprint density at radius 2 is 2.00 bits per heavy atom. The van der Waals surface area contributed by atoms with Gasteiger partial charge >= 0.3 is 0 Å². The molecular formula is C11H19ClO. The van der Waals surface area contributed by atoms with Crippen LogP contribution in [0.3, 0.4) is 0 Å². The standard InChI is InChI=1S/C11H19ClO/c1-10(2)8-6-4-3-5-7-9-11(12)13/h6,8,10H,3-5,7,9H2,1-2H3. The number of hydrogen-bond acceptors (Lipinski definition) is 1. The van der Waals surface area contributed by atoms with Gasteiger partial charge in [0.2, 0.25) is 5.24 Å². The van der Waals surface area contributed by atoms with Crippen molar-refractivity contribution in [3.8, 4) is 0 Å². The van der Waals surface area contributed by atoms with Gasteiger partial charge in [0.1, 0.15) is 0 Å². The molecule has 0 saturated heterocycles. The van der Waals surface area contributed by atoms with Crippen molar-refractivity contribution >= 4 is 16.8 Å². The molecule has 0 fully saturated rings. The van der Waals surface area contributed by atoms with Gasteiger partial charge in [-0.25, -0.2) is 0 Å². The van der Waals surface area contributed by atoms with Crippen LogP contribution in [0.25, 0.3) is 0 Å². The molecule has 76 valence electrons. The first-order chi connectivity index (χ1) is 6.13. The first-order valence-electron chi connectivity index (χ1n) is 4.98. The third-order valence-electron chi connectivity index (χ3n) is 1.77. The van der Waals surface area contributed by atoms with E-state index in [9.17, 15) is 4.79 Å². The number of unbranched alkanes of at least 4 members (excludes halogenated alkanes) is 3. The van der Waals surface area contributed by atoms with E-state index in [1.54, 1.807) is 0 Å². The highest BCUT2D eigenvalue weighted by atomic mass is 35.5. The summed E-state index contributed by atoms with van der Waals surface area (Å²) in [4.78, 5) is 10.4. The predicted molar refractivity (Wildman–Crippen MR) is 57.9 cm³/mol. The van der Waals surface area contributed by atoms with Crippen LogP contribution in [0.1, 0.15) is 46.0 Å². The van der Waals surface area contributed by atoms with E-state index in [1.165, 1.54) is 0 Å². The van der Waals surface area contributed by atoms with E-state index in [0.29, 0.717) is 12.3 Å². The Kier molecular flexibility index (Phi) is 8.11. The topological polar surface area (TPSA) is 17.1 Å². The van der Waals surface area contributed by atoms with Crippen molar-refractivity contribution in [3.05, 3.63) is 12.2 Å². The molecule has 0 aliphatic rings. The van der Waals surface area contributed by atoms with Crippen LogP contribution in [0, 0.1) is 5.92 Å².